The van der Waals surface area contributed by atoms with Gasteiger partial charge in [-0.2, -0.15) is 8.78 Å². The van der Waals surface area contributed by atoms with Crippen LogP contribution < -0.4 is 0 Å². The summed E-state index contributed by atoms with van der Waals surface area (Å²) >= 11 is 0. The van der Waals surface area contributed by atoms with Crippen LogP contribution in [0.3, 0.4) is 0 Å². The summed E-state index contributed by atoms with van der Waals surface area (Å²) in [5, 5.41) is -1.66. The third-order valence-electron chi connectivity index (χ3n) is 2.35. The predicted octanol–water partition coefficient (Wildman–Crippen LogP) is 4.46. The molecule has 0 spiro atoms. The highest BCUT2D eigenvalue weighted by molar-refractivity contribution is 9.08. The first-order valence-corrected chi connectivity index (χ1v) is 8.36. The van der Waals surface area contributed by atoms with Crippen LogP contribution in [-0.4, -0.2) is 16.6 Å². The third kappa shape index (κ3) is 3.01. The van der Waals surface area contributed by atoms with Crippen LogP contribution in [0, 0.1) is 5.92 Å². The zero-order chi connectivity index (χ0) is 10.1. The summed E-state index contributed by atoms with van der Waals surface area (Å²) in [6.45, 7) is 4.16. The maximum absolute atomic E-state index is 13.5. The van der Waals surface area contributed by atoms with Gasteiger partial charge in [0.2, 0.25) is 0 Å². The lowest BCUT2D eigenvalue weighted by Crippen LogP contribution is -2.16. The lowest BCUT2D eigenvalue weighted by Gasteiger charge is -2.25. The molecule has 1 unspecified atom stereocenters. The van der Waals surface area contributed by atoms with Gasteiger partial charge in [0.25, 0.3) is 5.25 Å². The molecule has 0 aromatic heterocycles. The number of halogens is 2. The Morgan fingerprint density at radius 2 is 2.00 bits per heavy atom. The van der Waals surface area contributed by atoms with Crippen molar-refractivity contribution in [1.29, 1.82) is 0 Å². The Morgan fingerprint density at radius 3 is 2.38 bits per heavy atom. The van der Waals surface area contributed by atoms with Crippen LogP contribution in [0.5, 0.6) is 0 Å². The molecule has 0 aromatic carbocycles. The average molecular weight is 228 g/mol. The van der Waals surface area contributed by atoms with Crippen molar-refractivity contribution < 1.29 is 8.78 Å². The zero-order valence-corrected chi connectivity index (χ0v) is 10.1. The van der Waals surface area contributed by atoms with Crippen molar-refractivity contribution in [2.75, 3.05) is 11.3 Å². The standard InChI is InChI=1S/C9H18F2S2/c1-8(2)5-4-6-9(10,11)13(3)7-12-13/h8H,4-7H2,1-3H3. The van der Waals surface area contributed by atoms with E-state index >= 15 is 0 Å². The monoisotopic (exact) mass is 228 g/mol. The van der Waals surface area contributed by atoms with E-state index in [9.17, 15) is 8.78 Å². The van der Waals surface area contributed by atoms with Crippen LogP contribution in [0.15, 0.2) is 0 Å². The van der Waals surface area contributed by atoms with Gasteiger partial charge in [-0.1, -0.05) is 31.1 Å². The Morgan fingerprint density at radius 1 is 1.46 bits per heavy atom. The summed E-state index contributed by atoms with van der Waals surface area (Å²) in [4.78, 5) is 0. The molecule has 0 radical (unpaired) electrons. The maximum Gasteiger partial charge on any atom is 0.287 e. The van der Waals surface area contributed by atoms with Crippen LogP contribution in [0.1, 0.15) is 33.1 Å². The van der Waals surface area contributed by atoms with Crippen molar-refractivity contribution in [2.45, 2.75) is 38.4 Å². The highest BCUT2D eigenvalue weighted by Gasteiger charge is 2.54. The normalized spacial score (nSPS) is 33.1. The van der Waals surface area contributed by atoms with Gasteiger partial charge in [-0.15, -0.1) is 9.06 Å². The van der Waals surface area contributed by atoms with Gasteiger partial charge in [-0.3, -0.25) is 0 Å². The molecule has 0 bridgehead atoms. The second kappa shape index (κ2) is 3.97. The molecule has 1 aliphatic rings. The molecule has 1 saturated heterocycles. The van der Waals surface area contributed by atoms with Gasteiger partial charge in [0, 0.05) is 11.5 Å². The van der Waals surface area contributed by atoms with E-state index in [1.54, 1.807) is 6.26 Å². The van der Waals surface area contributed by atoms with Crippen molar-refractivity contribution >= 4 is 19.9 Å². The van der Waals surface area contributed by atoms with E-state index < -0.39 is 14.3 Å². The van der Waals surface area contributed by atoms with Crippen molar-refractivity contribution in [1.82, 2.24) is 0 Å². The van der Waals surface area contributed by atoms with E-state index in [4.69, 9.17) is 0 Å². The Bertz CT molecular complexity index is 176. The van der Waals surface area contributed by atoms with Gasteiger partial charge in [0.15, 0.2) is 0 Å². The minimum absolute atomic E-state index is 0.101. The molecule has 13 heavy (non-hydrogen) atoms. The predicted molar refractivity (Wildman–Crippen MR) is 59.6 cm³/mol. The zero-order valence-electron chi connectivity index (χ0n) is 8.48. The van der Waals surface area contributed by atoms with Crippen LogP contribution in [0.2, 0.25) is 0 Å². The fourth-order valence-electron chi connectivity index (χ4n) is 1.18. The Kier molecular flexibility index (Phi) is 3.55. The Labute approximate surface area is 84.6 Å². The van der Waals surface area contributed by atoms with Crippen molar-refractivity contribution in [2.24, 2.45) is 5.92 Å². The van der Waals surface area contributed by atoms with Crippen molar-refractivity contribution in [3.63, 3.8) is 0 Å². The fraction of sp³-hybridized carbons (Fsp3) is 1.00. The van der Waals surface area contributed by atoms with E-state index in [0.717, 1.165) is 6.42 Å². The summed E-state index contributed by atoms with van der Waals surface area (Å²) < 4.78 is 26.9. The molecule has 0 amide bonds. The van der Waals surface area contributed by atoms with E-state index in [1.165, 1.54) is 10.8 Å². The summed E-state index contributed by atoms with van der Waals surface area (Å²) in [6.07, 6.45) is 3.46. The Hall–Kier alpha value is 0.560. The number of alkyl halides is 2. The fourth-order valence-corrected chi connectivity index (χ4v) is 5.26. The van der Waals surface area contributed by atoms with Crippen LogP contribution in [0.4, 0.5) is 8.78 Å². The maximum atomic E-state index is 13.5. The van der Waals surface area contributed by atoms with Crippen LogP contribution in [0.25, 0.3) is 0 Å². The topological polar surface area (TPSA) is 0 Å². The lowest BCUT2D eigenvalue weighted by atomic mass is 10.1. The minimum Gasteiger partial charge on any atom is -0.195 e. The summed E-state index contributed by atoms with van der Waals surface area (Å²) in [5.41, 5.74) is 0. The molecule has 1 heterocycles. The summed E-state index contributed by atoms with van der Waals surface area (Å²) in [7, 11) is -0.0973. The number of hydrogen-bond donors (Lipinski definition) is 0. The summed E-state index contributed by atoms with van der Waals surface area (Å²) in [6, 6.07) is 0. The number of rotatable bonds is 5. The second-order valence-electron chi connectivity index (χ2n) is 4.16. The molecule has 4 heteroatoms. The number of hydrogen-bond acceptors (Lipinski definition) is 1. The van der Waals surface area contributed by atoms with Crippen molar-refractivity contribution in [3.05, 3.63) is 0 Å². The van der Waals surface area contributed by atoms with Gasteiger partial charge in [0.1, 0.15) is 0 Å². The lowest BCUT2D eigenvalue weighted by molar-refractivity contribution is 0.0890. The third-order valence-corrected chi connectivity index (χ3v) is 8.32. The van der Waals surface area contributed by atoms with E-state index in [-0.39, 0.29) is 6.42 Å². The van der Waals surface area contributed by atoms with Crippen molar-refractivity contribution in [3.8, 4) is 0 Å². The summed E-state index contributed by atoms with van der Waals surface area (Å²) in [5.74, 6) is 0.547. The van der Waals surface area contributed by atoms with E-state index in [1.807, 2.05) is 0 Å². The molecule has 0 N–H and O–H groups in total. The first-order chi connectivity index (χ1) is 5.87. The average Bonchev–Trinajstić information content (AvgIpc) is 2.68. The van der Waals surface area contributed by atoms with Gasteiger partial charge in [0.05, 0.1) is 0 Å². The molecule has 1 aliphatic heterocycles. The quantitative estimate of drug-likeness (QED) is 0.494. The molecule has 0 aromatic rings. The minimum atomic E-state index is -2.37. The molecule has 1 rings (SSSR count). The van der Waals surface area contributed by atoms with E-state index in [0.29, 0.717) is 17.4 Å². The molecule has 1 atom stereocenters. The van der Waals surface area contributed by atoms with Crippen LogP contribution >= 0.6 is 19.9 Å². The van der Waals surface area contributed by atoms with Gasteiger partial charge in [-0.25, -0.2) is 0 Å². The van der Waals surface area contributed by atoms with Gasteiger partial charge in [-0.05, 0) is 18.6 Å². The molecule has 0 saturated carbocycles. The molecule has 80 valence electrons. The first-order valence-electron chi connectivity index (χ1n) is 4.65. The largest absolute Gasteiger partial charge is 0.287 e. The first kappa shape index (κ1) is 11.6. The smallest absolute Gasteiger partial charge is 0.195 e. The SMILES string of the molecule is CC(C)CCCC(F)(F)S1(C)CS1. The highest BCUT2D eigenvalue weighted by atomic mass is 33.2. The molecular formula is C9H18F2S2. The molecule has 0 nitrogen and oxygen atoms in total. The Balaban J connectivity index is 2.27. The molecular weight excluding hydrogens is 210 g/mol. The van der Waals surface area contributed by atoms with Crippen LogP contribution in [-0.2, 0) is 0 Å². The highest BCUT2D eigenvalue weighted by Crippen LogP contribution is 2.83. The molecule has 0 aliphatic carbocycles. The molecule has 1 fully saturated rings. The van der Waals surface area contributed by atoms with E-state index in [2.05, 4.69) is 13.8 Å². The second-order valence-corrected chi connectivity index (χ2v) is 10.9. The van der Waals surface area contributed by atoms with Gasteiger partial charge < -0.3 is 0 Å². The van der Waals surface area contributed by atoms with Gasteiger partial charge >= 0.3 is 0 Å².